The van der Waals surface area contributed by atoms with E-state index < -0.39 is 28.6 Å². The van der Waals surface area contributed by atoms with Gasteiger partial charge in [-0.2, -0.15) is 0 Å². The van der Waals surface area contributed by atoms with E-state index in [4.69, 9.17) is 39.9 Å². The van der Waals surface area contributed by atoms with Gasteiger partial charge in [-0.3, -0.25) is 4.79 Å². The van der Waals surface area contributed by atoms with Gasteiger partial charge in [0.1, 0.15) is 4.33 Å². The van der Waals surface area contributed by atoms with Crippen molar-refractivity contribution in [3.8, 4) is 0 Å². The number of carbonyl (C=O) groups is 1. The molecule has 0 amide bonds. The Morgan fingerprint density at radius 1 is 1.33 bits per heavy atom. The third-order valence-electron chi connectivity index (χ3n) is 2.87. The van der Waals surface area contributed by atoms with Crippen LogP contribution in [-0.2, 0) is 4.79 Å². The predicted molar refractivity (Wildman–Crippen MR) is 64.7 cm³/mol. The second-order valence-electron chi connectivity index (χ2n) is 4.09. The number of benzene rings is 1. The Morgan fingerprint density at radius 3 is 2.39 bits per heavy atom. The highest BCUT2D eigenvalue weighted by Gasteiger charge is 2.68. The van der Waals surface area contributed by atoms with Crippen molar-refractivity contribution >= 4 is 40.8 Å². The van der Waals surface area contributed by atoms with Gasteiger partial charge in [-0.1, -0.05) is 34.8 Å². The van der Waals surface area contributed by atoms with Crippen LogP contribution in [0.25, 0.3) is 0 Å². The first kappa shape index (κ1) is 13.8. The van der Waals surface area contributed by atoms with E-state index in [1.807, 2.05) is 0 Å². The molecule has 7 heteroatoms. The molecule has 98 valence electrons. The van der Waals surface area contributed by atoms with E-state index in [-0.39, 0.29) is 10.6 Å². The molecule has 1 aliphatic carbocycles. The number of hydrogen-bond acceptors (Lipinski definition) is 1. The molecule has 1 aromatic carbocycles. The monoisotopic (exact) mass is 314 g/mol. The molecule has 1 aliphatic rings. The molecule has 0 bridgehead atoms. The lowest BCUT2D eigenvalue weighted by molar-refractivity contribution is -0.138. The van der Waals surface area contributed by atoms with E-state index in [0.717, 1.165) is 6.07 Å². The molecule has 0 radical (unpaired) electrons. The maximum Gasteiger partial charge on any atom is 0.310 e. The molecule has 0 heterocycles. The minimum Gasteiger partial charge on any atom is -0.481 e. The lowest BCUT2D eigenvalue weighted by Crippen LogP contribution is -2.03. The van der Waals surface area contributed by atoms with Crippen molar-refractivity contribution < 1.29 is 18.7 Å². The van der Waals surface area contributed by atoms with Gasteiger partial charge in [-0.25, -0.2) is 8.78 Å². The Kier molecular flexibility index (Phi) is 3.47. The highest BCUT2D eigenvalue weighted by molar-refractivity contribution is 6.53. The van der Waals surface area contributed by atoms with Gasteiger partial charge in [0.25, 0.3) is 6.43 Å². The summed E-state index contributed by atoms with van der Waals surface area (Å²) in [5.74, 6) is -2.90. The van der Waals surface area contributed by atoms with E-state index in [0.29, 0.717) is 5.56 Å². The van der Waals surface area contributed by atoms with Gasteiger partial charge in [0.05, 0.1) is 5.92 Å². The van der Waals surface area contributed by atoms with Crippen LogP contribution in [0.15, 0.2) is 18.2 Å². The first-order valence-electron chi connectivity index (χ1n) is 4.94. The van der Waals surface area contributed by atoms with Gasteiger partial charge >= 0.3 is 5.97 Å². The summed E-state index contributed by atoms with van der Waals surface area (Å²) in [6.07, 6.45) is -2.69. The lowest BCUT2D eigenvalue weighted by atomic mass is 10.1. The fraction of sp³-hybridized carbons (Fsp3) is 0.364. The summed E-state index contributed by atoms with van der Waals surface area (Å²) in [4.78, 5) is 10.9. The number of carboxylic acid groups (broad SMARTS) is 1. The summed E-state index contributed by atoms with van der Waals surface area (Å²) in [6.45, 7) is 0. The second kappa shape index (κ2) is 4.51. The largest absolute Gasteiger partial charge is 0.481 e. The van der Waals surface area contributed by atoms with Crippen LogP contribution in [0.1, 0.15) is 23.5 Å². The smallest absolute Gasteiger partial charge is 0.310 e. The van der Waals surface area contributed by atoms with Crippen molar-refractivity contribution in [1.29, 1.82) is 0 Å². The highest BCUT2D eigenvalue weighted by Crippen LogP contribution is 2.65. The van der Waals surface area contributed by atoms with Crippen LogP contribution >= 0.6 is 34.8 Å². The Morgan fingerprint density at radius 2 is 1.94 bits per heavy atom. The van der Waals surface area contributed by atoms with Crippen molar-refractivity contribution in [1.82, 2.24) is 0 Å². The molecule has 0 unspecified atom stereocenters. The zero-order chi connectivity index (χ0) is 13.7. The Bertz CT molecular complexity index is 505. The quantitative estimate of drug-likeness (QED) is 0.847. The number of alkyl halides is 4. The minimum atomic E-state index is -2.69. The Hall–Kier alpha value is -0.580. The SMILES string of the molecule is O=C(O)[C@H]1[C@H](c2cc(Cl)cc(C(F)F)c2)C1(Cl)Cl. The maximum absolute atomic E-state index is 12.6. The molecule has 2 nitrogen and oxygen atoms in total. The molecule has 18 heavy (non-hydrogen) atoms. The number of rotatable bonds is 3. The molecule has 1 saturated carbocycles. The molecular formula is C11H7Cl3F2O2. The minimum absolute atomic E-state index is 0.1000. The summed E-state index contributed by atoms with van der Waals surface area (Å²) >= 11 is 17.4. The van der Waals surface area contributed by atoms with Gasteiger partial charge in [0, 0.05) is 16.5 Å². The van der Waals surface area contributed by atoms with E-state index in [2.05, 4.69) is 0 Å². The summed E-state index contributed by atoms with van der Waals surface area (Å²) in [7, 11) is 0. The Labute approximate surface area is 116 Å². The first-order chi connectivity index (χ1) is 8.25. The van der Waals surface area contributed by atoms with Crippen LogP contribution in [0.5, 0.6) is 0 Å². The number of aliphatic carboxylic acids is 1. The normalized spacial score (nSPS) is 25.2. The van der Waals surface area contributed by atoms with Crippen molar-refractivity contribution in [2.75, 3.05) is 0 Å². The molecule has 1 N–H and O–H groups in total. The Balaban J connectivity index is 2.39. The van der Waals surface area contributed by atoms with Crippen LogP contribution in [0.2, 0.25) is 5.02 Å². The van der Waals surface area contributed by atoms with Crippen molar-refractivity contribution in [3.05, 3.63) is 34.3 Å². The topological polar surface area (TPSA) is 37.3 Å². The first-order valence-corrected chi connectivity index (χ1v) is 6.07. The highest BCUT2D eigenvalue weighted by atomic mass is 35.5. The van der Waals surface area contributed by atoms with E-state index in [9.17, 15) is 13.6 Å². The predicted octanol–water partition coefficient (Wildman–Crippen LogP) is 4.25. The van der Waals surface area contributed by atoms with Crippen LogP contribution in [0, 0.1) is 5.92 Å². The van der Waals surface area contributed by atoms with Crippen molar-refractivity contribution in [2.45, 2.75) is 16.7 Å². The molecule has 0 aromatic heterocycles. The van der Waals surface area contributed by atoms with Crippen LogP contribution < -0.4 is 0 Å². The van der Waals surface area contributed by atoms with E-state index >= 15 is 0 Å². The maximum atomic E-state index is 12.6. The molecule has 0 saturated heterocycles. The molecular weight excluding hydrogens is 308 g/mol. The molecule has 1 fully saturated rings. The lowest BCUT2D eigenvalue weighted by Gasteiger charge is -2.06. The zero-order valence-corrected chi connectivity index (χ0v) is 11.0. The number of carboxylic acids is 1. The number of hydrogen-bond donors (Lipinski definition) is 1. The fourth-order valence-electron chi connectivity index (χ4n) is 1.99. The standard InChI is InChI=1S/C11H7Cl3F2O2/c12-6-2-4(1-5(3-6)9(15)16)7-8(10(17)18)11(7,13)14/h1-3,7-9H,(H,17,18)/t7-,8+/m0/s1. The van der Waals surface area contributed by atoms with Crippen LogP contribution in [-0.4, -0.2) is 15.4 Å². The average molecular weight is 316 g/mol. The van der Waals surface area contributed by atoms with Crippen LogP contribution in [0.4, 0.5) is 8.78 Å². The third kappa shape index (κ3) is 2.29. The average Bonchev–Trinajstić information content (AvgIpc) is 2.80. The summed E-state index contributed by atoms with van der Waals surface area (Å²) in [5.41, 5.74) is 0.0351. The van der Waals surface area contributed by atoms with Crippen LogP contribution in [0.3, 0.4) is 0 Å². The van der Waals surface area contributed by atoms with Crippen molar-refractivity contribution in [3.63, 3.8) is 0 Å². The molecule has 1 aromatic rings. The fourth-order valence-corrected chi connectivity index (χ4v) is 3.06. The van der Waals surface area contributed by atoms with Crippen molar-refractivity contribution in [2.24, 2.45) is 5.92 Å². The van der Waals surface area contributed by atoms with E-state index in [1.165, 1.54) is 12.1 Å². The van der Waals surface area contributed by atoms with Gasteiger partial charge in [-0.15, -0.1) is 0 Å². The van der Waals surface area contributed by atoms with Gasteiger partial charge < -0.3 is 5.11 Å². The second-order valence-corrected chi connectivity index (χ2v) is 5.97. The number of halogens is 5. The van der Waals surface area contributed by atoms with Gasteiger partial charge in [0.15, 0.2) is 0 Å². The zero-order valence-electron chi connectivity index (χ0n) is 8.71. The summed E-state index contributed by atoms with van der Waals surface area (Å²) in [5, 5.41) is 9.02. The molecule has 0 aliphatic heterocycles. The van der Waals surface area contributed by atoms with Gasteiger partial charge in [0.2, 0.25) is 0 Å². The molecule has 2 rings (SSSR count). The van der Waals surface area contributed by atoms with Gasteiger partial charge in [-0.05, 0) is 23.8 Å². The third-order valence-corrected chi connectivity index (χ3v) is 4.03. The summed E-state index contributed by atoms with van der Waals surface area (Å²) < 4.78 is 23.8. The van der Waals surface area contributed by atoms with E-state index in [1.54, 1.807) is 0 Å². The molecule has 0 spiro atoms. The molecule has 2 atom stereocenters. The summed E-state index contributed by atoms with van der Waals surface area (Å²) in [6, 6.07) is 3.71.